The van der Waals surface area contributed by atoms with Crippen molar-refractivity contribution in [2.75, 3.05) is 7.11 Å². The van der Waals surface area contributed by atoms with Crippen molar-refractivity contribution >= 4 is 0 Å². The average Bonchev–Trinajstić information content (AvgIpc) is 1.98. The summed E-state index contributed by atoms with van der Waals surface area (Å²) in [6, 6.07) is 0. The number of methoxy groups -OCH3 is 1. The van der Waals surface area contributed by atoms with Gasteiger partial charge in [0, 0.05) is 7.11 Å². The highest BCUT2D eigenvalue weighted by Gasteiger charge is 2.41. The van der Waals surface area contributed by atoms with E-state index in [4.69, 9.17) is 0 Å². The Hall–Kier alpha value is -0.550. The molecule has 0 heterocycles. The molecule has 0 saturated carbocycles. The lowest BCUT2D eigenvalue weighted by Gasteiger charge is -2.21. The quantitative estimate of drug-likeness (QED) is 0.510. The molecule has 0 bridgehead atoms. The van der Waals surface area contributed by atoms with Gasteiger partial charge in [-0.2, -0.15) is 13.2 Å². The van der Waals surface area contributed by atoms with Gasteiger partial charge in [-0.3, -0.25) is 0 Å². The van der Waals surface area contributed by atoms with Crippen LogP contribution in [0.5, 0.6) is 0 Å². The van der Waals surface area contributed by atoms with Crippen LogP contribution in [0.1, 0.15) is 13.8 Å². The molecule has 0 aromatic rings. The van der Waals surface area contributed by atoms with Crippen molar-refractivity contribution < 1.29 is 22.6 Å². The van der Waals surface area contributed by atoms with Crippen LogP contribution in [0.2, 0.25) is 0 Å². The average molecular weight is 198 g/mol. The normalized spacial score (nSPS) is 17.7. The van der Waals surface area contributed by atoms with Gasteiger partial charge in [-0.05, 0) is 13.8 Å². The largest absolute Gasteiger partial charge is 0.440 e. The summed E-state index contributed by atoms with van der Waals surface area (Å²) in [4.78, 5) is 0. The number of hydrogen-bond acceptors (Lipinski definition) is 2. The lowest BCUT2D eigenvalue weighted by molar-refractivity contribution is -0.308. The van der Waals surface area contributed by atoms with Gasteiger partial charge in [-0.25, -0.2) is 0 Å². The van der Waals surface area contributed by atoms with E-state index in [0.717, 1.165) is 7.11 Å². The Morgan fingerprint density at radius 1 is 1.31 bits per heavy atom. The van der Waals surface area contributed by atoms with Crippen molar-refractivity contribution in [3.63, 3.8) is 0 Å². The van der Waals surface area contributed by atoms with Gasteiger partial charge in [0.2, 0.25) is 0 Å². The number of alkyl halides is 3. The van der Waals surface area contributed by atoms with Crippen LogP contribution in [0.15, 0.2) is 12.2 Å². The summed E-state index contributed by atoms with van der Waals surface area (Å²) in [7, 11) is 0.959. The van der Waals surface area contributed by atoms with Crippen molar-refractivity contribution in [2.45, 2.75) is 32.4 Å². The number of hydrogen-bond donors (Lipinski definition) is 0. The van der Waals surface area contributed by atoms with Gasteiger partial charge in [-0.1, -0.05) is 12.2 Å². The Morgan fingerprint density at radius 3 is 2.15 bits per heavy atom. The van der Waals surface area contributed by atoms with Crippen LogP contribution in [0, 0.1) is 0 Å². The number of halogens is 3. The molecule has 13 heavy (non-hydrogen) atoms. The molecule has 0 N–H and O–H groups in total. The van der Waals surface area contributed by atoms with E-state index in [0.29, 0.717) is 0 Å². The molecule has 78 valence electrons. The van der Waals surface area contributed by atoms with Crippen molar-refractivity contribution in [3.8, 4) is 0 Å². The Morgan fingerprint density at radius 2 is 1.85 bits per heavy atom. The van der Waals surface area contributed by atoms with E-state index in [1.807, 2.05) is 0 Å². The minimum atomic E-state index is -4.48. The van der Waals surface area contributed by atoms with Gasteiger partial charge in [0.25, 0.3) is 6.29 Å². The molecule has 5 heteroatoms. The molecule has 2 atom stereocenters. The van der Waals surface area contributed by atoms with E-state index >= 15 is 0 Å². The molecule has 0 fully saturated rings. The topological polar surface area (TPSA) is 18.5 Å². The third-order valence-electron chi connectivity index (χ3n) is 1.28. The standard InChI is InChI=1S/C8H13F3O2/c1-4-5-6(2)13-7(12-3)8(9,10)11/h4-7H,1-3H3/b5-4-. The van der Waals surface area contributed by atoms with Crippen molar-refractivity contribution in [2.24, 2.45) is 0 Å². The Balaban J connectivity index is 4.13. The highest BCUT2D eigenvalue weighted by Crippen LogP contribution is 2.24. The zero-order valence-electron chi connectivity index (χ0n) is 7.76. The second-order valence-corrected chi connectivity index (χ2v) is 2.48. The predicted molar refractivity (Wildman–Crippen MR) is 42.2 cm³/mol. The molecule has 0 rings (SSSR count). The molecule has 2 nitrogen and oxygen atoms in total. The Labute approximate surface area is 75.3 Å². The maximum absolute atomic E-state index is 12.0. The van der Waals surface area contributed by atoms with Crippen molar-refractivity contribution in [1.82, 2.24) is 0 Å². The first kappa shape index (κ1) is 12.4. The molecule has 0 aliphatic heterocycles. The molecule has 0 aliphatic rings. The highest BCUT2D eigenvalue weighted by molar-refractivity contribution is 4.84. The fraction of sp³-hybridized carbons (Fsp3) is 0.750. The van der Waals surface area contributed by atoms with Gasteiger partial charge in [0.15, 0.2) is 0 Å². The molecule has 0 saturated heterocycles. The minimum Gasteiger partial charge on any atom is -0.348 e. The van der Waals surface area contributed by atoms with Gasteiger partial charge >= 0.3 is 6.18 Å². The van der Waals surface area contributed by atoms with E-state index in [1.54, 1.807) is 13.0 Å². The number of ether oxygens (including phenoxy) is 2. The number of rotatable bonds is 4. The smallest absolute Gasteiger partial charge is 0.348 e. The molecule has 0 aliphatic carbocycles. The summed E-state index contributed by atoms with van der Waals surface area (Å²) >= 11 is 0. The first-order valence-corrected chi connectivity index (χ1v) is 3.79. The van der Waals surface area contributed by atoms with Gasteiger partial charge in [-0.15, -0.1) is 0 Å². The molecule has 0 spiro atoms. The Bertz CT molecular complexity index is 165. The van der Waals surface area contributed by atoms with E-state index < -0.39 is 18.6 Å². The maximum Gasteiger partial charge on any atom is 0.440 e. The number of allylic oxidation sites excluding steroid dienone is 1. The molecular formula is C8H13F3O2. The molecular weight excluding hydrogens is 185 g/mol. The van der Waals surface area contributed by atoms with Crippen molar-refractivity contribution in [1.29, 1.82) is 0 Å². The van der Waals surface area contributed by atoms with Gasteiger partial charge in [0.05, 0.1) is 6.10 Å². The zero-order chi connectivity index (χ0) is 10.5. The maximum atomic E-state index is 12.0. The van der Waals surface area contributed by atoms with Crippen LogP contribution in [0.3, 0.4) is 0 Å². The van der Waals surface area contributed by atoms with Crippen LogP contribution in [-0.2, 0) is 9.47 Å². The van der Waals surface area contributed by atoms with Crippen LogP contribution < -0.4 is 0 Å². The van der Waals surface area contributed by atoms with Crippen LogP contribution in [0.4, 0.5) is 13.2 Å². The zero-order valence-corrected chi connectivity index (χ0v) is 7.76. The summed E-state index contributed by atoms with van der Waals surface area (Å²) in [5.74, 6) is 0. The molecule has 2 unspecified atom stereocenters. The van der Waals surface area contributed by atoms with Crippen LogP contribution in [0.25, 0.3) is 0 Å². The van der Waals surface area contributed by atoms with E-state index in [1.165, 1.54) is 13.0 Å². The lowest BCUT2D eigenvalue weighted by Crippen LogP contribution is -2.35. The summed E-state index contributed by atoms with van der Waals surface area (Å²) in [6.07, 6.45) is -4.12. The summed E-state index contributed by atoms with van der Waals surface area (Å²) in [5, 5.41) is 0. The first-order valence-electron chi connectivity index (χ1n) is 3.79. The highest BCUT2D eigenvalue weighted by atomic mass is 19.4. The monoisotopic (exact) mass is 198 g/mol. The lowest BCUT2D eigenvalue weighted by atomic mass is 10.3. The van der Waals surface area contributed by atoms with Crippen LogP contribution in [-0.4, -0.2) is 25.7 Å². The SMILES string of the molecule is C/C=C\C(C)OC(OC)C(F)(F)F. The molecule has 0 radical (unpaired) electrons. The summed E-state index contributed by atoms with van der Waals surface area (Å²) < 4.78 is 44.9. The fourth-order valence-corrected chi connectivity index (χ4v) is 0.778. The Kier molecular flexibility index (Phi) is 5.02. The minimum absolute atomic E-state index is 0.614. The van der Waals surface area contributed by atoms with Crippen LogP contribution >= 0.6 is 0 Å². The second-order valence-electron chi connectivity index (χ2n) is 2.48. The predicted octanol–water partition coefficient (Wildman–Crippen LogP) is 2.50. The third-order valence-corrected chi connectivity index (χ3v) is 1.28. The van der Waals surface area contributed by atoms with Gasteiger partial charge in [0.1, 0.15) is 0 Å². The summed E-state index contributed by atoms with van der Waals surface area (Å²) in [5.41, 5.74) is 0. The summed E-state index contributed by atoms with van der Waals surface area (Å²) in [6.45, 7) is 3.22. The molecule has 0 aromatic heterocycles. The molecule has 0 amide bonds. The van der Waals surface area contributed by atoms with Crippen molar-refractivity contribution in [3.05, 3.63) is 12.2 Å². The van der Waals surface area contributed by atoms with E-state index in [2.05, 4.69) is 9.47 Å². The third kappa shape index (κ3) is 4.90. The second kappa shape index (κ2) is 5.24. The fourth-order valence-electron chi connectivity index (χ4n) is 0.778. The van der Waals surface area contributed by atoms with Gasteiger partial charge < -0.3 is 9.47 Å². The van der Waals surface area contributed by atoms with E-state index in [9.17, 15) is 13.2 Å². The molecule has 0 aromatic carbocycles. The van der Waals surface area contributed by atoms with E-state index in [-0.39, 0.29) is 0 Å². The first-order chi connectivity index (χ1) is 5.91.